The molecule has 0 fully saturated rings. The highest BCUT2D eigenvalue weighted by Gasteiger charge is 2.14. The van der Waals surface area contributed by atoms with Gasteiger partial charge in [-0.1, -0.05) is 42.5 Å². The minimum Gasteiger partial charge on any atom is -0.336 e. The maximum Gasteiger partial charge on any atom is 0.315 e. The standard InChI is InChI=1S/C18H24N4O3S/c1-22(2)17(15-6-4-3-5-7-15)13-21-18(23)20-12-14-8-10-16(11-9-14)26(19,24)25/h3-11,17H,12-13H2,1-2H3,(H2,19,24,25)(H2,20,21,23)/t17-/m1/s1. The third-order valence-electron chi connectivity index (χ3n) is 3.97. The second-order valence-electron chi connectivity index (χ2n) is 6.14. The quantitative estimate of drug-likeness (QED) is 0.680. The van der Waals surface area contributed by atoms with Crippen molar-refractivity contribution in [2.24, 2.45) is 5.14 Å². The monoisotopic (exact) mass is 376 g/mol. The Labute approximate surface area is 154 Å². The zero-order valence-electron chi connectivity index (χ0n) is 14.8. The number of carbonyl (C=O) groups is 1. The summed E-state index contributed by atoms with van der Waals surface area (Å²) in [6, 6.07) is 15.8. The number of amides is 2. The molecule has 4 N–H and O–H groups in total. The third kappa shape index (κ3) is 5.83. The normalized spacial score (nSPS) is 12.6. The number of carbonyl (C=O) groups excluding carboxylic acids is 1. The molecule has 140 valence electrons. The predicted octanol–water partition coefficient (Wildman–Crippen LogP) is 1.44. The molecule has 0 saturated heterocycles. The van der Waals surface area contributed by atoms with E-state index in [9.17, 15) is 13.2 Å². The van der Waals surface area contributed by atoms with Gasteiger partial charge in [0.15, 0.2) is 0 Å². The van der Waals surface area contributed by atoms with Crippen molar-refractivity contribution in [3.63, 3.8) is 0 Å². The van der Waals surface area contributed by atoms with Crippen LogP contribution in [0.5, 0.6) is 0 Å². The number of benzene rings is 2. The summed E-state index contributed by atoms with van der Waals surface area (Å²) < 4.78 is 22.5. The van der Waals surface area contributed by atoms with Gasteiger partial charge in [-0.3, -0.25) is 0 Å². The van der Waals surface area contributed by atoms with E-state index >= 15 is 0 Å². The zero-order valence-corrected chi connectivity index (χ0v) is 15.7. The van der Waals surface area contributed by atoms with Crippen molar-refractivity contribution in [3.8, 4) is 0 Å². The van der Waals surface area contributed by atoms with Gasteiger partial charge in [0, 0.05) is 13.1 Å². The van der Waals surface area contributed by atoms with E-state index in [1.165, 1.54) is 12.1 Å². The molecule has 0 heterocycles. The zero-order chi connectivity index (χ0) is 19.2. The summed E-state index contributed by atoms with van der Waals surface area (Å²) in [4.78, 5) is 14.1. The van der Waals surface area contributed by atoms with E-state index in [0.717, 1.165) is 11.1 Å². The molecule has 0 unspecified atom stereocenters. The van der Waals surface area contributed by atoms with Gasteiger partial charge >= 0.3 is 6.03 Å². The van der Waals surface area contributed by atoms with E-state index in [-0.39, 0.29) is 23.5 Å². The molecule has 0 aliphatic carbocycles. The first-order chi connectivity index (χ1) is 12.3. The van der Waals surface area contributed by atoms with Crippen LogP contribution in [0.15, 0.2) is 59.5 Å². The van der Waals surface area contributed by atoms with Crippen LogP contribution >= 0.6 is 0 Å². The van der Waals surface area contributed by atoms with Crippen LogP contribution in [0.3, 0.4) is 0 Å². The Hall–Kier alpha value is -2.42. The molecule has 0 saturated carbocycles. The van der Waals surface area contributed by atoms with Crippen LogP contribution in [0, 0.1) is 0 Å². The van der Waals surface area contributed by atoms with Crippen LogP contribution in [0.2, 0.25) is 0 Å². The largest absolute Gasteiger partial charge is 0.336 e. The smallest absolute Gasteiger partial charge is 0.315 e. The van der Waals surface area contributed by atoms with E-state index in [0.29, 0.717) is 6.54 Å². The second-order valence-corrected chi connectivity index (χ2v) is 7.70. The Morgan fingerprint density at radius 3 is 2.19 bits per heavy atom. The highest BCUT2D eigenvalue weighted by molar-refractivity contribution is 7.89. The molecule has 2 aromatic rings. The summed E-state index contributed by atoms with van der Waals surface area (Å²) in [7, 11) is 0.217. The molecule has 26 heavy (non-hydrogen) atoms. The number of nitrogens with zero attached hydrogens (tertiary/aromatic N) is 1. The number of primary sulfonamides is 1. The van der Waals surface area contributed by atoms with Crippen molar-refractivity contribution in [1.82, 2.24) is 15.5 Å². The topological polar surface area (TPSA) is 105 Å². The van der Waals surface area contributed by atoms with E-state index < -0.39 is 10.0 Å². The van der Waals surface area contributed by atoms with Gasteiger partial charge in [0.2, 0.25) is 10.0 Å². The van der Waals surface area contributed by atoms with Crippen molar-refractivity contribution in [1.29, 1.82) is 0 Å². The average Bonchev–Trinajstić information content (AvgIpc) is 2.60. The third-order valence-corrected chi connectivity index (χ3v) is 4.90. The van der Waals surface area contributed by atoms with E-state index in [1.807, 2.05) is 49.3 Å². The van der Waals surface area contributed by atoms with Gasteiger partial charge in [0.05, 0.1) is 10.9 Å². The second kappa shape index (κ2) is 8.79. The lowest BCUT2D eigenvalue weighted by atomic mass is 10.1. The Bertz CT molecular complexity index is 821. The maximum absolute atomic E-state index is 12.0. The van der Waals surface area contributed by atoms with Crippen LogP contribution in [-0.2, 0) is 16.6 Å². The fourth-order valence-corrected chi connectivity index (χ4v) is 3.02. The lowest BCUT2D eigenvalue weighted by Gasteiger charge is -2.25. The van der Waals surface area contributed by atoms with E-state index in [2.05, 4.69) is 10.6 Å². The molecular formula is C18H24N4O3S. The van der Waals surface area contributed by atoms with Crippen molar-refractivity contribution in [2.75, 3.05) is 20.6 Å². The molecule has 2 aromatic carbocycles. The van der Waals surface area contributed by atoms with Crippen molar-refractivity contribution in [3.05, 3.63) is 65.7 Å². The maximum atomic E-state index is 12.0. The van der Waals surface area contributed by atoms with Gasteiger partial charge in [-0.05, 0) is 37.4 Å². The lowest BCUT2D eigenvalue weighted by molar-refractivity contribution is 0.232. The SMILES string of the molecule is CN(C)[C@H](CNC(=O)NCc1ccc(S(N)(=O)=O)cc1)c1ccccc1. The molecule has 8 heteroatoms. The molecule has 2 amide bonds. The van der Waals surface area contributed by atoms with Crippen LogP contribution in [0.25, 0.3) is 0 Å². The molecule has 0 spiro atoms. The summed E-state index contributed by atoms with van der Waals surface area (Å²) in [6.45, 7) is 0.752. The van der Waals surface area contributed by atoms with E-state index in [1.54, 1.807) is 12.1 Å². The van der Waals surface area contributed by atoms with Gasteiger partial charge in [-0.2, -0.15) is 0 Å². The van der Waals surface area contributed by atoms with Crippen molar-refractivity contribution in [2.45, 2.75) is 17.5 Å². The summed E-state index contributed by atoms with van der Waals surface area (Å²) in [5.74, 6) is 0. The Kier molecular flexibility index (Phi) is 6.73. The Balaban J connectivity index is 1.86. The molecule has 0 bridgehead atoms. The van der Waals surface area contributed by atoms with Crippen molar-refractivity contribution < 1.29 is 13.2 Å². The van der Waals surface area contributed by atoms with Gasteiger partial charge in [-0.15, -0.1) is 0 Å². The average molecular weight is 376 g/mol. The fraction of sp³-hybridized carbons (Fsp3) is 0.278. The molecule has 0 radical (unpaired) electrons. The predicted molar refractivity (Wildman–Crippen MR) is 101 cm³/mol. The van der Waals surface area contributed by atoms with Gasteiger partial charge in [0.1, 0.15) is 0 Å². The minimum atomic E-state index is -3.71. The first-order valence-corrected chi connectivity index (χ1v) is 9.67. The molecule has 0 aliphatic heterocycles. The molecule has 0 aliphatic rings. The molecule has 7 nitrogen and oxygen atoms in total. The van der Waals surface area contributed by atoms with Crippen LogP contribution in [0.4, 0.5) is 4.79 Å². The van der Waals surface area contributed by atoms with Gasteiger partial charge < -0.3 is 15.5 Å². The Morgan fingerprint density at radius 1 is 1.04 bits per heavy atom. The van der Waals surface area contributed by atoms with E-state index in [4.69, 9.17) is 5.14 Å². The summed E-state index contributed by atoms with van der Waals surface area (Å²) >= 11 is 0. The number of urea groups is 1. The van der Waals surface area contributed by atoms with Crippen LogP contribution in [0.1, 0.15) is 17.2 Å². The van der Waals surface area contributed by atoms with Crippen LogP contribution in [-0.4, -0.2) is 40.0 Å². The summed E-state index contributed by atoms with van der Waals surface area (Å²) in [5.41, 5.74) is 1.90. The molecule has 1 atom stereocenters. The van der Waals surface area contributed by atoms with Crippen molar-refractivity contribution >= 4 is 16.1 Å². The van der Waals surface area contributed by atoms with Gasteiger partial charge in [0.25, 0.3) is 0 Å². The Morgan fingerprint density at radius 2 is 1.65 bits per heavy atom. The molecule has 0 aromatic heterocycles. The summed E-state index contributed by atoms with van der Waals surface area (Å²) in [5, 5.41) is 10.7. The number of likely N-dealkylation sites (N-methyl/N-ethyl adjacent to an activating group) is 1. The van der Waals surface area contributed by atoms with Crippen LogP contribution < -0.4 is 15.8 Å². The summed E-state index contributed by atoms with van der Waals surface area (Å²) in [6.07, 6.45) is 0. The minimum absolute atomic E-state index is 0.0439. The first-order valence-electron chi connectivity index (χ1n) is 8.12. The molecule has 2 rings (SSSR count). The number of hydrogen-bond acceptors (Lipinski definition) is 4. The number of nitrogens with one attached hydrogen (secondary N) is 2. The highest BCUT2D eigenvalue weighted by atomic mass is 32.2. The highest BCUT2D eigenvalue weighted by Crippen LogP contribution is 2.16. The number of hydrogen-bond donors (Lipinski definition) is 3. The van der Waals surface area contributed by atoms with Gasteiger partial charge in [-0.25, -0.2) is 18.4 Å². The molecular weight excluding hydrogens is 352 g/mol. The number of nitrogens with two attached hydrogens (primary N) is 1. The fourth-order valence-electron chi connectivity index (χ4n) is 2.50. The number of rotatable bonds is 7. The lowest BCUT2D eigenvalue weighted by Crippen LogP contribution is -2.40. The number of sulfonamides is 1. The first kappa shape index (κ1) is 19.9.